The van der Waals surface area contributed by atoms with Crippen LogP contribution in [0, 0.1) is 5.92 Å². The summed E-state index contributed by atoms with van der Waals surface area (Å²) < 4.78 is 0. The molecule has 2 radical (unpaired) electrons. The lowest BCUT2D eigenvalue weighted by Crippen LogP contribution is -2.45. The van der Waals surface area contributed by atoms with E-state index in [4.69, 9.17) is 7.98 Å². The normalized spacial score (nSPS) is 16.9. The Bertz CT molecular complexity index is 923. The van der Waals surface area contributed by atoms with Gasteiger partial charge in [-0.05, 0) is 79.8 Å². The molecule has 0 amide bonds. The van der Waals surface area contributed by atoms with Crippen LogP contribution in [0.3, 0.4) is 0 Å². The first kappa shape index (κ1) is 22.1. The molecule has 0 atom stereocenters. The van der Waals surface area contributed by atoms with Gasteiger partial charge in [-0.25, -0.2) is 0 Å². The third-order valence-corrected chi connectivity index (χ3v) is 5.71. The molecule has 3 rings (SSSR count). The summed E-state index contributed by atoms with van der Waals surface area (Å²) in [6, 6.07) is 17.7. The van der Waals surface area contributed by atoms with Crippen LogP contribution in [0.2, 0.25) is 0 Å². The van der Waals surface area contributed by atoms with E-state index in [-0.39, 0.29) is 12.4 Å². The van der Waals surface area contributed by atoms with Crippen LogP contribution in [0.25, 0.3) is 11.1 Å². The Morgan fingerprint density at radius 1 is 1.00 bits per heavy atom. The van der Waals surface area contributed by atoms with Crippen molar-refractivity contribution in [2.24, 2.45) is 5.92 Å². The number of phenolic OH excluding ortho intramolecular Hbond substituents is 1. The molecule has 1 fully saturated rings. The molecule has 2 aromatic rings. The number of nitrogens with zero attached hydrogens (tertiary/aromatic N) is 1. The number of rotatable bonds is 8. The highest BCUT2D eigenvalue weighted by Crippen LogP contribution is 2.36. The van der Waals surface area contributed by atoms with Crippen LogP contribution in [0.1, 0.15) is 37.8 Å². The Hall–Kier alpha value is -2.56. The molecule has 154 valence electrons. The topological polar surface area (TPSA) is 43.7 Å². The minimum atomic E-state index is 0.151. The quantitative estimate of drug-likeness (QED) is 0.374. The molecule has 1 heterocycles. The van der Waals surface area contributed by atoms with E-state index in [0.29, 0.717) is 12.3 Å². The van der Waals surface area contributed by atoms with Gasteiger partial charge in [-0.2, -0.15) is 0 Å². The first-order chi connectivity index (χ1) is 14.5. The van der Waals surface area contributed by atoms with Crippen LogP contribution >= 0.6 is 0 Å². The van der Waals surface area contributed by atoms with Crippen LogP contribution in [-0.2, 0) is 0 Å². The molecule has 0 bridgehead atoms. The Labute approximate surface area is 181 Å². The summed E-state index contributed by atoms with van der Waals surface area (Å²) >= 11 is 0. The fourth-order valence-electron chi connectivity index (χ4n) is 3.85. The van der Waals surface area contributed by atoms with Crippen molar-refractivity contribution in [2.45, 2.75) is 26.7 Å². The first-order valence-corrected chi connectivity index (χ1v) is 10.5. The molecule has 0 aromatic heterocycles. The lowest BCUT2D eigenvalue weighted by atomic mass is 9.86. The van der Waals surface area contributed by atoms with Crippen molar-refractivity contribution < 1.29 is 10.2 Å². The fraction of sp³-hybridized carbons (Fsp3) is 0.308. The highest BCUT2D eigenvalue weighted by atomic mass is 16.3. The van der Waals surface area contributed by atoms with Gasteiger partial charge in [0.1, 0.15) is 5.75 Å². The zero-order valence-electron chi connectivity index (χ0n) is 17.9. The van der Waals surface area contributed by atoms with Crippen LogP contribution in [0.15, 0.2) is 77.9 Å². The molecule has 2 N–H and O–H groups in total. The maximum atomic E-state index is 9.78. The van der Waals surface area contributed by atoms with Crippen LogP contribution in [-0.4, -0.2) is 42.7 Å². The number of aliphatic hydroxyl groups is 1. The van der Waals surface area contributed by atoms with Gasteiger partial charge >= 0.3 is 0 Å². The molecule has 1 saturated heterocycles. The molecule has 1 aliphatic heterocycles. The summed E-state index contributed by atoms with van der Waals surface area (Å²) in [5.41, 5.74) is 7.04. The summed E-state index contributed by atoms with van der Waals surface area (Å²) in [4.78, 5) is 1.84. The maximum Gasteiger partial charge on any atom is 0.182 e. The van der Waals surface area contributed by atoms with Crippen molar-refractivity contribution in [1.82, 2.24) is 4.81 Å². The Kier molecular flexibility index (Phi) is 7.72. The van der Waals surface area contributed by atoms with Gasteiger partial charge in [-0.3, -0.25) is 0 Å². The van der Waals surface area contributed by atoms with Crippen molar-refractivity contribution in [1.29, 1.82) is 0 Å². The van der Waals surface area contributed by atoms with Gasteiger partial charge in [0, 0.05) is 12.5 Å². The average Bonchev–Trinajstić information content (AvgIpc) is 2.74. The van der Waals surface area contributed by atoms with E-state index in [0.717, 1.165) is 41.8 Å². The molecule has 1 aliphatic rings. The predicted molar refractivity (Wildman–Crippen MR) is 126 cm³/mol. The average molecular weight is 399 g/mol. The zero-order chi connectivity index (χ0) is 21.5. The monoisotopic (exact) mass is 399 g/mol. The number of hydrogen-bond donors (Lipinski definition) is 2. The molecule has 30 heavy (non-hydrogen) atoms. The van der Waals surface area contributed by atoms with Crippen molar-refractivity contribution in [3.63, 3.8) is 0 Å². The van der Waals surface area contributed by atoms with Crippen molar-refractivity contribution in [3.8, 4) is 5.75 Å². The minimum Gasteiger partial charge on any atom is -0.508 e. The van der Waals surface area contributed by atoms with Gasteiger partial charge < -0.3 is 15.0 Å². The molecule has 2 aromatic carbocycles. The first-order valence-electron chi connectivity index (χ1n) is 10.5. The molecule has 3 nitrogen and oxygen atoms in total. The van der Waals surface area contributed by atoms with Crippen LogP contribution in [0.4, 0.5) is 0 Å². The van der Waals surface area contributed by atoms with E-state index >= 15 is 0 Å². The van der Waals surface area contributed by atoms with Gasteiger partial charge in [0.25, 0.3) is 0 Å². The number of allylic oxidation sites excluding steroid dienone is 5. The van der Waals surface area contributed by atoms with E-state index in [1.165, 1.54) is 11.1 Å². The van der Waals surface area contributed by atoms with E-state index in [1.807, 2.05) is 35.1 Å². The van der Waals surface area contributed by atoms with E-state index in [9.17, 15) is 10.2 Å². The van der Waals surface area contributed by atoms with Crippen molar-refractivity contribution >= 4 is 19.1 Å². The highest BCUT2D eigenvalue weighted by Gasteiger charge is 2.23. The van der Waals surface area contributed by atoms with Gasteiger partial charge in [0.05, 0.1) is 0 Å². The fourth-order valence-corrected chi connectivity index (χ4v) is 3.85. The lowest BCUT2D eigenvalue weighted by molar-refractivity contribution is 0.242. The summed E-state index contributed by atoms with van der Waals surface area (Å²) in [7, 11) is 5.79. The standard InChI is InChI=1S/C26H30BNO2/c1-19(23-17-28(27)18-23)10-11-20(2)26(22-12-14-24(30)15-13-22)25(9-6-16-29)21-7-4-3-5-8-21/h3-5,7-8,10-15,23,29-30H,6,9,16-18H2,1-2H3/b19-10+,20-11+,26-25+. The second-order valence-electron chi connectivity index (χ2n) is 8.00. The van der Waals surface area contributed by atoms with Crippen LogP contribution < -0.4 is 0 Å². The Balaban J connectivity index is 2.08. The Morgan fingerprint density at radius 2 is 1.67 bits per heavy atom. The summed E-state index contributed by atoms with van der Waals surface area (Å²) in [6.07, 6.45) is 5.85. The summed E-state index contributed by atoms with van der Waals surface area (Å²) in [5, 5.41) is 19.3. The van der Waals surface area contributed by atoms with Crippen LogP contribution in [0.5, 0.6) is 5.75 Å². The number of aromatic hydroxyl groups is 1. The second kappa shape index (κ2) is 10.5. The molecule has 4 heteroatoms. The highest BCUT2D eigenvalue weighted by molar-refractivity contribution is 6.05. The van der Waals surface area contributed by atoms with E-state index in [1.54, 1.807) is 12.1 Å². The predicted octanol–water partition coefficient (Wildman–Crippen LogP) is 4.98. The van der Waals surface area contributed by atoms with Gasteiger partial charge in [0.15, 0.2) is 7.98 Å². The largest absolute Gasteiger partial charge is 0.508 e. The number of hydrogen-bond acceptors (Lipinski definition) is 3. The van der Waals surface area contributed by atoms with Gasteiger partial charge in [-0.1, -0.05) is 60.2 Å². The third kappa shape index (κ3) is 5.53. The zero-order valence-corrected chi connectivity index (χ0v) is 17.9. The molecule has 0 unspecified atom stereocenters. The SMILES string of the molecule is [B]N1CC(/C(C)=C/C=C(C)/C(=C(/CCCO)c2ccccc2)c2ccc(O)cc2)C1. The summed E-state index contributed by atoms with van der Waals surface area (Å²) in [5.74, 6) is 0.770. The number of benzene rings is 2. The van der Waals surface area contributed by atoms with E-state index in [2.05, 4.69) is 38.1 Å². The van der Waals surface area contributed by atoms with E-state index < -0.39 is 0 Å². The third-order valence-electron chi connectivity index (χ3n) is 5.71. The maximum absolute atomic E-state index is 9.78. The second-order valence-corrected chi connectivity index (χ2v) is 8.00. The molecule has 0 spiro atoms. The van der Waals surface area contributed by atoms with Gasteiger partial charge in [0.2, 0.25) is 0 Å². The smallest absolute Gasteiger partial charge is 0.182 e. The van der Waals surface area contributed by atoms with Gasteiger partial charge in [-0.15, -0.1) is 0 Å². The van der Waals surface area contributed by atoms with Crippen molar-refractivity contribution in [2.75, 3.05) is 19.7 Å². The molecule has 0 saturated carbocycles. The summed E-state index contributed by atoms with van der Waals surface area (Å²) in [6.45, 7) is 6.25. The molecular formula is C26H30BNO2. The molecule has 0 aliphatic carbocycles. The van der Waals surface area contributed by atoms with Crippen molar-refractivity contribution in [3.05, 3.63) is 89.0 Å². The lowest BCUT2D eigenvalue weighted by Gasteiger charge is -2.37. The minimum absolute atomic E-state index is 0.151. The number of aliphatic hydroxyl groups excluding tert-OH is 1. The Morgan fingerprint density at radius 3 is 2.27 bits per heavy atom. The number of phenols is 1. The molecular weight excluding hydrogens is 369 g/mol.